The fourth-order valence-corrected chi connectivity index (χ4v) is 1.87. The second-order valence-electron chi connectivity index (χ2n) is 4.64. The Labute approximate surface area is 127 Å². The number of carboxylic acid groups (broad SMARTS) is 3. The van der Waals surface area contributed by atoms with Crippen molar-refractivity contribution >= 4 is 31.2 Å². The molecule has 2 unspecified atom stereocenters. The average Bonchev–Trinajstić information content (AvgIpc) is 2.38. The molecule has 2 atom stereocenters. The minimum atomic E-state index is -2.87. The molecule has 9 nitrogen and oxygen atoms in total. The van der Waals surface area contributed by atoms with E-state index in [2.05, 4.69) is 7.49 Å². The monoisotopic (exact) mass is 315 g/mol. The predicted octanol–water partition coefficient (Wildman–Crippen LogP) is -0.239. The zero-order valence-corrected chi connectivity index (χ0v) is 12.1. The Hall–Kier alpha value is -2.19. The number of carboxylic acids is 3. The topological polar surface area (TPSA) is 173 Å². The van der Waals surface area contributed by atoms with Gasteiger partial charge in [0, 0.05) is 6.42 Å². The molecule has 0 fully saturated rings. The van der Waals surface area contributed by atoms with E-state index in [-0.39, 0.29) is 25.0 Å². The number of rotatable bonds is 10. The Bertz CT molecular complexity index is 450. The summed E-state index contributed by atoms with van der Waals surface area (Å²) in [6, 6.07) is 0. The third-order valence-corrected chi connectivity index (χ3v) is 2.94. The van der Waals surface area contributed by atoms with Crippen LogP contribution in [0.1, 0.15) is 39.0 Å². The number of hydrogen-bond acceptors (Lipinski definition) is 6. The van der Waals surface area contributed by atoms with Crippen molar-refractivity contribution in [2.45, 2.75) is 44.6 Å². The molecule has 0 saturated carbocycles. The third-order valence-electron chi connectivity index (χ3n) is 2.94. The van der Waals surface area contributed by atoms with Gasteiger partial charge in [-0.25, -0.2) is 4.79 Å². The van der Waals surface area contributed by atoms with E-state index in [4.69, 9.17) is 20.5 Å². The van der Waals surface area contributed by atoms with Gasteiger partial charge in [-0.15, -0.1) is 0 Å². The molecule has 0 spiro atoms. The van der Waals surface area contributed by atoms with E-state index in [0.29, 0.717) is 6.42 Å². The largest absolute Gasteiger partial charge is 0.481 e. The molecule has 0 aromatic carbocycles. The van der Waals surface area contributed by atoms with Crippen LogP contribution in [0.4, 0.5) is 0 Å². The quantitative estimate of drug-likeness (QED) is 0.313. The van der Waals surface area contributed by atoms with Crippen molar-refractivity contribution in [1.82, 2.24) is 0 Å². The molecule has 10 heteroatoms. The van der Waals surface area contributed by atoms with Crippen LogP contribution in [0.15, 0.2) is 0 Å². The SMILES string of the molecule is B#N.CC(=O)CCCCC(C(=O)O)C(O)(CC(=O)O)C(=O)O. The Morgan fingerprint density at radius 1 is 1.09 bits per heavy atom. The molecule has 0 rings (SSSR count). The minimum absolute atomic E-state index is 0.0871. The average molecular weight is 315 g/mol. The van der Waals surface area contributed by atoms with E-state index >= 15 is 0 Å². The van der Waals surface area contributed by atoms with Crippen LogP contribution in [0.3, 0.4) is 0 Å². The van der Waals surface area contributed by atoms with Crippen molar-refractivity contribution in [2.75, 3.05) is 0 Å². The molecule has 0 aliphatic carbocycles. The van der Waals surface area contributed by atoms with Crippen molar-refractivity contribution in [2.24, 2.45) is 5.92 Å². The van der Waals surface area contributed by atoms with Crippen LogP contribution in [-0.2, 0) is 19.2 Å². The third kappa shape index (κ3) is 7.56. The fourth-order valence-electron chi connectivity index (χ4n) is 1.87. The second-order valence-corrected chi connectivity index (χ2v) is 4.64. The number of ketones is 1. The molecule has 0 radical (unpaired) electrons. The van der Waals surface area contributed by atoms with Crippen LogP contribution in [0, 0.1) is 11.1 Å². The van der Waals surface area contributed by atoms with Crippen molar-refractivity contribution < 1.29 is 39.6 Å². The number of aliphatic carboxylic acids is 3. The van der Waals surface area contributed by atoms with Gasteiger partial charge in [-0.3, -0.25) is 9.59 Å². The minimum Gasteiger partial charge on any atom is -0.481 e. The molecule has 0 aliphatic rings. The van der Waals surface area contributed by atoms with Crippen molar-refractivity contribution in [1.29, 1.82) is 5.16 Å². The summed E-state index contributed by atoms with van der Waals surface area (Å²) in [5.74, 6) is -6.92. The maximum atomic E-state index is 11.1. The van der Waals surface area contributed by atoms with Gasteiger partial charge in [-0.2, -0.15) is 0 Å². The van der Waals surface area contributed by atoms with Crippen LogP contribution < -0.4 is 0 Å². The summed E-state index contributed by atoms with van der Waals surface area (Å²) < 4.78 is 0. The smallest absolute Gasteiger partial charge is 0.337 e. The molecular weight excluding hydrogens is 297 g/mol. The molecule has 0 amide bonds. The van der Waals surface area contributed by atoms with Gasteiger partial charge in [0.2, 0.25) is 0 Å². The Morgan fingerprint density at radius 3 is 1.91 bits per heavy atom. The van der Waals surface area contributed by atoms with E-state index in [0.717, 1.165) is 0 Å². The molecule has 0 heterocycles. The normalized spacial score (nSPS) is 14.0. The zero-order chi connectivity index (χ0) is 17.9. The van der Waals surface area contributed by atoms with Gasteiger partial charge in [-0.1, -0.05) is 6.42 Å². The first kappa shape index (κ1) is 22.1. The molecule has 0 aromatic heterocycles. The Kier molecular flexibility index (Phi) is 10.6. The van der Waals surface area contributed by atoms with Crippen LogP contribution >= 0.6 is 0 Å². The van der Waals surface area contributed by atoms with Crippen molar-refractivity contribution in [3.05, 3.63) is 0 Å². The standard InChI is InChI=1S/C12H18O8.BN/c1-7(13)4-2-3-5-8(10(16)17)12(20,11(18)19)6-9(14)15;1-2/h8,20H,2-6H2,1H3,(H,14,15)(H,16,17)(H,18,19);. The summed E-state index contributed by atoms with van der Waals surface area (Å²) in [7, 11) is 3.50. The van der Waals surface area contributed by atoms with Crippen molar-refractivity contribution in [3.8, 4) is 0 Å². The molecule has 0 aromatic rings. The van der Waals surface area contributed by atoms with Gasteiger partial charge in [0.25, 0.3) is 0 Å². The number of carbonyl (C=O) groups excluding carboxylic acids is 1. The fraction of sp³-hybridized carbons (Fsp3) is 0.667. The Balaban J connectivity index is 0. The second kappa shape index (κ2) is 10.5. The molecular formula is C12H18BNO8. The van der Waals surface area contributed by atoms with E-state index in [1.807, 2.05) is 0 Å². The van der Waals surface area contributed by atoms with Gasteiger partial charge in [0.05, 0.1) is 12.3 Å². The molecule has 4 N–H and O–H groups in total. The molecule has 0 aliphatic heterocycles. The maximum Gasteiger partial charge on any atom is 0.337 e. The molecule has 0 bridgehead atoms. The summed E-state index contributed by atoms with van der Waals surface area (Å²) in [6.07, 6.45) is -0.658. The molecule has 0 saturated heterocycles. The van der Waals surface area contributed by atoms with Crippen molar-refractivity contribution in [3.63, 3.8) is 0 Å². The number of nitrogens with zero attached hydrogens (tertiary/aromatic N) is 1. The first-order chi connectivity index (χ1) is 10.1. The maximum absolute atomic E-state index is 11.1. The number of Topliss-reactive ketones (excluding diaryl/α,β-unsaturated/α-hetero) is 1. The zero-order valence-electron chi connectivity index (χ0n) is 12.1. The van der Waals surface area contributed by atoms with Crippen LogP contribution in [0.5, 0.6) is 0 Å². The van der Waals surface area contributed by atoms with Gasteiger partial charge in [0.1, 0.15) is 5.78 Å². The summed E-state index contributed by atoms with van der Waals surface area (Å²) >= 11 is 0. The number of hydrogen-bond donors (Lipinski definition) is 4. The predicted molar refractivity (Wildman–Crippen MR) is 72.6 cm³/mol. The molecule has 22 heavy (non-hydrogen) atoms. The Morgan fingerprint density at radius 2 is 1.59 bits per heavy atom. The first-order valence-electron chi connectivity index (χ1n) is 6.27. The van der Waals surface area contributed by atoms with Gasteiger partial charge in [-0.05, 0) is 19.8 Å². The summed E-state index contributed by atoms with van der Waals surface area (Å²) in [5.41, 5.74) is -2.87. The van der Waals surface area contributed by atoms with Gasteiger partial charge >= 0.3 is 30.6 Å². The van der Waals surface area contributed by atoms with Crippen LogP contribution in [0.25, 0.3) is 0 Å². The van der Waals surface area contributed by atoms with Gasteiger partial charge < -0.3 is 25.2 Å². The number of aliphatic hydroxyl groups is 1. The summed E-state index contributed by atoms with van der Waals surface area (Å²) in [4.78, 5) is 43.4. The van der Waals surface area contributed by atoms with E-state index in [9.17, 15) is 24.3 Å². The van der Waals surface area contributed by atoms with E-state index in [1.165, 1.54) is 6.92 Å². The summed E-state index contributed by atoms with van der Waals surface area (Å²) in [5, 5.41) is 42.9. The molecule has 122 valence electrons. The number of carbonyl (C=O) groups is 4. The summed E-state index contributed by atoms with van der Waals surface area (Å²) in [6.45, 7) is 1.37. The van der Waals surface area contributed by atoms with Gasteiger partial charge in [0.15, 0.2) is 5.60 Å². The number of unbranched alkanes of at least 4 members (excludes halogenated alkanes) is 1. The van der Waals surface area contributed by atoms with Crippen LogP contribution in [0.2, 0.25) is 0 Å². The van der Waals surface area contributed by atoms with E-state index < -0.39 is 35.8 Å². The van der Waals surface area contributed by atoms with E-state index in [1.54, 1.807) is 0 Å². The van der Waals surface area contributed by atoms with Crippen LogP contribution in [-0.4, -0.2) is 57.2 Å². The first-order valence-corrected chi connectivity index (χ1v) is 6.27.